The number of amides is 1. The molecule has 0 heterocycles. The second-order valence-corrected chi connectivity index (χ2v) is 16.1. The van der Waals surface area contributed by atoms with Crippen LogP contribution in [0.5, 0.6) is 0 Å². The Kier molecular flexibility index (Phi) is 6.49. The highest BCUT2D eigenvalue weighted by molar-refractivity contribution is 6.74. The molecule has 6 heteroatoms. The van der Waals surface area contributed by atoms with Gasteiger partial charge in [-0.1, -0.05) is 52.3 Å². The fourth-order valence-corrected chi connectivity index (χ4v) is 3.14. The number of nitrogens with one attached hydrogen (secondary N) is 2. The maximum atomic E-state index is 12.4. The highest BCUT2D eigenvalue weighted by Crippen LogP contribution is 2.05. The molecule has 0 rings (SSSR count). The van der Waals surface area contributed by atoms with Crippen molar-refractivity contribution in [1.29, 1.82) is 0 Å². The Morgan fingerprint density at radius 2 is 1.44 bits per heavy atom. The SMILES string of the molecule is CCC=C(C)C(=O)N(N[Si](C)(C)C)N[Si](C)(C)C. The number of carbonyl (C=O) groups excluding carboxylic acids is 1. The van der Waals surface area contributed by atoms with Crippen LogP contribution in [0.2, 0.25) is 39.3 Å². The van der Waals surface area contributed by atoms with Gasteiger partial charge in [0.05, 0.1) is 0 Å². The van der Waals surface area contributed by atoms with Gasteiger partial charge in [0.15, 0.2) is 0 Å². The zero-order valence-corrected chi connectivity index (χ0v) is 15.1. The van der Waals surface area contributed by atoms with E-state index < -0.39 is 16.5 Å². The second-order valence-electron chi connectivity index (χ2n) is 6.66. The van der Waals surface area contributed by atoms with Crippen molar-refractivity contribution in [3.63, 3.8) is 0 Å². The summed E-state index contributed by atoms with van der Waals surface area (Å²) in [4.78, 5) is 12.4. The van der Waals surface area contributed by atoms with Crippen LogP contribution < -0.4 is 10.2 Å². The Labute approximate surface area is 114 Å². The summed E-state index contributed by atoms with van der Waals surface area (Å²) in [5, 5.41) is 8.34. The number of allylic oxidation sites excluding steroid dienone is 1. The molecule has 0 saturated heterocycles. The lowest BCUT2D eigenvalue weighted by Gasteiger charge is -2.35. The molecular formula is C12H29N3OSi2. The molecule has 0 aromatic rings. The second kappa shape index (κ2) is 6.65. The molecule has 2 N–H and O–H groups in total. The molecule has 0 radical (unpaired) electrons. The molecule has 1 amide bonds. The number of hydrogen-bond acceptors (Lipinski definition) is 3. The third-order valence-corrected chi connectivity index (χ3v) is 3.73. The van der Waals surface area contributed by atoms with Crippen molar-refractivity contribution in [3.05, 3.63) is 11.6 Å². The molecule has 0 atom stereocenters. The van der Waals surface area contributed by atoms with Gasteiger partial charge in [-0.2, -0.15) is 0 Å². The van der Waals surface area contributed by atoms with Gasteiger partial charge in [-0.25, -0.2) is 15.3 Å². The van der Waals surface area contributed by atoms with Crippen molar-refractivity contribution >= 4 is 22.4 Å². The first-order valence-electron chi connectivity index (χ1n) is 6.53. The molecule has 0 aliphatic heterocycles. The van der Waals surface area contributed by atoms with Gasteiger partial charge in [-0.3, -0.25) is 4.79 Å². The van der Waals surface area contributed by atoms with Crippen molar-refractivity contribution < 1.29 is 4.79 Å². The van der Waals surface area contributed by atoms with Crippen molar-refractivity contribution in [2.45, 2.75) is 59.6 Å². The van der Waals surface area contributed by atoms with E-state index in [0.717, 1.165) is 12.0 Å². The Morgan fingerprint density at radius 3 is 1.72 bits per heavy atom. The van der Waals surface area contributed by atoms with Crippen LogP contribution in [0.3, 0.4) is 0 Å². The summed E-state index contributed by atoms with van der Waals surface area (Å²) < 4.78 is 0. The minimum atomic E-state index is -1.56. The van der Waals surface area contributed by atoms with Gasteiger partial charge >= 0.3 is 0 Å². The summed E-state index contributed by atoms with van der Waals surface area (Å²) >= 11 is 0. The van der Waals surface area contributed by atoms with E-state index in [9.17, 15) is 4.79 Å². The van der Waals surface area contributed by atoms with E-state index in [1.165, 1.54) is 0 Å². The van der Waals surface area contributed by atoms with E-state index in [0.29, 0.717) is 0 Å². The van der Waals surface area contributed by atoms with Crippen molar-refractivity contribution in [3.8, 4) is 0 Å². The summed E-state index contributed by atoms with van der Waals surface area (Å²) in [6, 6.07) is 0. The van der Waals surface area contributed by atoms with Gasteiger partial charge < -0.3 is 0 Å². The van der Waals surface area contributed by atoms with Crippen molar-refractivity contribution in [2.24, 2.45) is 0 Å². The quantitative estimate of drug-likeness (QED) is 0.448. The lowest BCUT2D eigenvalue weighted by molar-refractivity contribution is -0.130. The smallest absolute Gasteiger partial charge is 0.267 e. The molecule has 106 valence electrons. The number of rotatable bonds is 6. The van der Waals surface area contributed by atoms with Crippen LogP contribution in [0, 0.1) is 0 Å². The molecule has 0 fully saturated rings. The zero-order valence-electron chi connectivity index (χ0n) is 13.1. The van der Waals surface area contributed by atoms with E-state index >= 15 is 0 Å². The van der Waals surface area contributed by atoms with Crippen molar-refractivity contribution in [2.75, 3.05) is 0 Å². The Hall–Kier alpha value is -0.436. The molecule has 0 aromatic carbocycles. The highest BCUT2D eigenvalue weighted by Gasteiger charge is 2.26. The minimum Gasteiger partial charge on any atom is -0.267 e. The van der Waals surface area contributed by atoms with Gasteiger partial charge in [0.1, 0.15) is 16.5 Å². The monoisotopic (exact) mass is 287 g/mol. The summed E-state index contributed by atoms with van der Waals surface area (Å²) in [5.41, 5.74) is 0.786. The van der Waals surface area contributed by atoms with E-state index in [2.05, 4.69) is 49.5 Å². The predicted octanol–water partition coefficient (Wildman–Crippen LogP) is 2.85. The lowest BCUT2D eigenvalue weighted by Crippen LogP contribution is -2.66. The number of nitrogens with zero attached hydrogens (tertiary/aromatic N) is 1. The van der Waals surface area contributed by atoms with Crippen LogP contribution in [0.15, 0.2) is 11.6 Å². The molecular weight excluding hydrogens is 258 g/mol. The van der Waals surface area contributed by atoms with Gasteiger partial charge in [-0.15, -0.1) is 0 Å². The fourth-order valence-electron chi connectivity index (χ4n) is 1.37. The topological polar surface area (TPSA) is 44.4 Å². The lowest BCUT2D eigenvalue weighted by atomic mass is 10.2. The van der Waals surface area contributed by atoms with E-state index in [1.54, 1.807) is 5.12 Å². The maximum absolute atomic E-state index is 12.4. The van der Waals surface area contributed by atoms with Gasteiger partial charge in [0.2, 0.25) is 0 Å². The molecule has 0 aliphatic rings. The first kappa shape index (κ1) is 17.6. The summed E-state index contributed by atoms with van der Waals surface area (Å²) in [6.45, 7) is 17.0. The maximum Gasteiger partial charge on any atom is 0.276 e. The number of hydrazine groups is 2. The minimum absolute atomic E-state index is 0.0294. The molecule has 0 saturated carbocycles. The molecule has 4 nitrogen and oxygen atoms in total. The summed E-state index contributed by atoms with van der Waals surface area (Å²) in [5.74, 6) is 0.0294. The first-order chi connectivity index (χ1) is 7.96. The van der Waals surface area contributed by atoms with Crippen LogP contribution in [-0.2, 0) is 4.79 Å². The third kappa shape index (κ3) is 7.81. The van der Waals surface area contributed by atoms with Crippen LogP contribution in [0.25, 0.3) is 0 Å². The number of hydrogen-bond donors (Lipinski definition) is 2. The largest absolute Gasteiger partial charge is 0.276 e. The van der Waals surface area contributed by atoms with E-state index in [-0.39, 0.29) is 5.91 Å². The van der Waals surface area contributed by atoms with Gasteiger partial charge in [0.25, 0.3) is 5.91 Å². The van der Waals surface area contributed by atoms with Crippen LogP contribution in [-0.4, -0.2) is 27.5 Å². The average Bonchev–Trinajstić information content (AvgIpc) is 2.11. The molecule has 0 unspecified atom stereocenters. The van der Waals surface area contributed by atoms with Crippen LogP contribution in [0.4, 0.5) is 0 Å². The zero-order chi connectivity index (χ0) is 14.6. The predicted molar refractivity (Wildman–Crippen MR) is 83.9 cm³/mol. The Morgan fingerprint density at radius 1 is 1.06 bits per heavy atom. The summed E-state index contributed by atoms with van der Waals surface area (Å²) in [6.07, 6.45) is 2.85. The normalized spacial score (nSPS) is 13.7. The fraction of sp³-hybridized carbons (Fsp3) is 0.750. The summed E-state index contributed by atoms with van der Waals surface area (Å²) in [7, 11) is -3.13. The van der Waals surface area contributed by atoms with Crippen LogP contribution >= 0.6 is 0 Å². The first-order valence-corrected chi connectivity index (χ1v) is 13.5. The molecule has 18 heavy (non-hydrogen) atoms. The molecule has 0 aliphatic carbocycles. The average molecular weight is 288 g/mol. The Bertz CT molecular complexity index is 300. The highest BCUT2D eigenvalue weighted by atomic mass is 28.3. The molecule has 0 spiro atoms. The van der Waals surface area contributed by atoms with E-state index in [1.807, 2.05) is 19.9 Å². The Balaban J connectivity index is 4.98. The number of carbonyl (C=O) groups is 1. The van der Waals surface area contributed by atoms with Crippen molar-refractivity contribution in [1.82, 2.24) is 15.3 Å². The molecule has 0 bridgehead atoms. The van der Waals surface area contributed by atoms with E-state index in [4.69, 9.17) is 0 Å². The van der Waals surface area contributed by atoms with Gasteiger partial charge in [-0.05, 0) is 13.3 Å². The third-order valence-electron chi connectivity index (χ3n) is 1.95. The van der Waals surface area contributed by atoms with Crippen LogP contribution in [0.1, 0.15) is 20.3 Å². The standard InChI is InChI=1S/C12H29N3OSi2/c1-9-10-11(2)12(16)15(13-17(3,4)5)14-18(6,7)8/h10,13-14H,9H2,1-8H3. The van der Waals surface area contributed by atoms with Gasteiger partial charge in [0, 0.05) is 5.57 Å². The molecule has 0 aromatic heterocycles.